The first-order valence-corrected chi connectivity index (χ1v) is 9.41. The quantitative estimate of drug-likeness (QED) is 0.744. The highest BCUT2D eigenvalue weighted by atomic mass is 35.5. The molecule has 0 saturated carbocycles. The molecule has 0 unspecified atom stereocenters. The first-order chi connectivity index (χ1) is 14.1. The molecule has 1 aromatic carbocycles. The van der Waals surface area contributed by atoms with Crippen LogP contribution in [0.25, 0.3) is 0 Å². The van der Waals surface area contributed by atoms with Gasteiger partial charge in [0.05, 0.1) is 22.7 Å². The van der Waals surface area contributed by atoms with Gasteiger partial charge in [0.25, 0.3) is 5.91 Å². The van der Waals surface area contributed by atoms with Gasteiger partial charge in [0.1, 0.15) is 5.82 Å². The van der Waals surface area contributed by atoms with Crippen molar-refractivity contribution in [1.82, 2.24) is 9.88 Å². The maximum atomic E-state index is 12.9. The lowest BCUT2D eigenvalue weighted by Crippen LogP contribution is -2.49. The van der Waals surface area contributed by atoms with Crippen molar-refractivity contribution in [3.05, 3.63) is 52.7 Å². The van der Waals surface area contributed by atoms with E-state index in [4.69, 9.17) is 17.3 Å². The van der Waals surface area contributed by atoms with Crippen molar-refractivity contribution in [2.75, 3.05) is 42.9 Å². The van der Waals surface area contributed by atoms with Crippen LogP contribution < -0.4 is 16.0 Å². The molecule has 2 heterocycles. The number of nitrogens with one attached hydrogen (secondary N) is 1. The third-order valence-electron chi connectivity index (χ3n) is 4.65. The number of hydrogen-bond donors (Lipinski definition) is 2. The van der Waals surface area contributed by atoms with Crippen molar-refractivity contribution in [1.29, 1.82) is 0 Å². The maximum absolute atomic E-state index is 12.9. The van der Waals surface area contributed by atoms with E-state index in [-0.39, 0.29) is 12.2 Å². The molecule has 1 aromatic heterocycles. The molecule has 0 spiro atoms. The third kappa shape index (κ3) is 5.19. The van der Waals surface area contributed by atoms with E-state index in [1.165, 1.54) is 6.07 Å². The van der Waals surface area contributed by atoms with Gasteiger partial charge >= 0.3 is 6.18 Å². The van der Waals surface area contributed by atoms with Gasteiger partial charge in [0.15, 0.2) is 0 Å². The lowest BCUT2D eigenvalue weighted by molar-refractivity contribution is -0.137. The van der Waals surface area contributed by atoms with Gasteiger partial charge in [-0.15, -0.1) is 0 Å². The Kier molecular flexibility index (Phi) is 6.47. The zero-order valence-electron chi connectivity index (χ0n) is 15.7. The Morgan fingerprint density at radius 3 is 2.50 bits per heavy atom. The van der Waals surface area contributed by atoms with Crippen LogP contribution in [0.3, 0.4) is 0 Å². The van der Waals surface area contributed by atoms with Crippen LogP contribution in [-0.4, -0.2) is 54.4 Å². The number of amides is 2. The van der Waals surface area contributed by atoms with Crippen LogP contribution >= 0.6 is 11.6 Å². The number of piperazine rings is 1. The first kappa shape index (κ1) is 21.8. The molecule has 0 aliphatic carbocycles. The van der Waals surface area contributed by atoms with Crippen LogP contribution in [0, 0.1) is 0 Å². The molecule has 1 saturated heterocycles. The number of nitrogens with two attached hydrogens (primary N) is 1. The minimum Gasteiger partial charge on any atom is -0.365 e. The zero-order chi connectivity index (χ0) is 21.9. The number of aromatic nitrogens is 1. The Balaban J connectivity index is 1.57. The number of nitrogens with zero attached hydrogens (tertiary/aromatic N) is 3. The number of anilines is 2. The second-order valence-corrected chi connectivity index (χ2v) is 7.15. The number of halogens is 4. The van der Waals surface area contributed by atoms with Gasteiger partial charge < -0.3 is 16.0 Å². The largest absolute Gasteiger partial charge is 0.417 e. The molecule has 3 rings (SSSR count). The first-order valence-electron chi connectivity index (χ1n) is 9.04. The Morgan fingerprint density at radius 1 is 1.17 bits per heavy atom. The number of benzene rings is 1. The SMILES string of the molecule is NC(=O)c1cccnc1N1CCN(CC(=O)Nc2ccc(Cl)c(C(F)(F)F)c2)CC1. The summed E-state index contributed by atoms with van der Waals surface area (Å²) in [6, 6.07) is 6.46. The van der Waals surface area contributed by atoms with Gasteiger partial charge in [0, 0.05) is 38.1 Å². The van der Waals surface area contributed by atoms with Crippen molar-refractivity contribution in [2.24, 2.45) is 5.73 Å². The Bertz CT molecular complexity index is 946. The number of pyridine rings is 1. The second-order valence-electron chi connectivity index (χ2n) is 6.74. The number of carbonyl (C=O) groups is 2. The number of primary amides is 1. The fourth-order valence-electron chi connectivity index (χ4n) is 3.18. The number of carbonyl (C=O) groups excluding carboxylic acids is 2. The summed E-state index contributed by atoms with van der Waals surface area (Å²) >= 11 is 5.59. The Hall–Kier alpha value is -2.85. The molecule has 11 heteroatoms. The molecule has 30 heavy (non-hydrogen) atoms. The van der Waals surface area contributed by atoms with Crippen molar-refractivity contribution in [2.45, 2.75) is 6.18 Å². The number of alkyl halides is 3. The van der Waals surface area contributed by atoms with Crippen LogP contribution in [0.1, 0.15) is 15.9 Å². The average Bonchev–Trinajstić information content (AvgIpc) is 2.69. The van der Waals surface area contributed by atoms with Crippen LogP contribution in [0.4, 0.5) is 24.7 Å². The smallest absolute Gasteiger partial charge is 0.365 e. The molecule has 1 fully saturated rings. The summed E-state index contributed by atoms with van der Waals surface area (Å²) in [5, 5.41) is 2.04. The Labute approximate surface area is 175 Å². The highest BCUT2D eigenvalue weighted by molar-refractivity contribution is 6.31. The van der Waals surface area contributed by atoms with E-state index < -0.39 is 28.6 Å². The average molecular weight is 442 g/mol. The van der Waals surface area contributed by atoms with Gasteiger partial charge in [-0.25, -0.2) is 4.98 Å². The van der Waals surface area contributed by atoms with Crippen molar-refractivity contribution < 1.29 is 22.8 Å². The van der Waals surface area contributed by atoms with Gasteiger partial charge in [0.2, 0.25) is 5.91 Å². The summed E-state index contributed by atoms with van der Waals surface area (Å²) in [5.41, 5.74) is 4.73. The summed E-state index contributed by atoms with van der Waals surface area (Å²) in [7, 11) is 0. The van der Waals surface area contributed by atoms with E-state index in [0.29, 0.717) is 37.6 Å². The van der Waals surface area contributed by atoms with Crippen LogP contribution in [0.15, 0.2) is 36.5 Å². The van der Waals surface area contributed by atoms with Crippen LogP contribution in [0.2, 0.25) is 5.02 Å². The minimum absolute atomic E-state index is 0.0166. The highest BCUT2D eigenvalue weighted by Gasteiger charge is 2.33. The standard InChI is InChI=1S/C19H19ClF3N5O2/c20-15-4-3-12(10-14(15)19(21,22)23)26-16(29)11-27-6-8-28(9-7-27)18-13(17(24)30)2-1-5-25-18/h1-5,10H,6-9,11H2,(H2,24,30)(H,26,29). The monoisotopic (exact) mass is 441 g/mol. The summed E-state index contributed by atoms with van der Waals surface area (Å²) < 4.78 is 38.8. The summed E-state index contributed by atoms with van der Waals surface area (Å²) in [6.45, 7) is 2.07. The van der Waals surface area contributed by atoms with E-state index in [1.807, 2.05) is 9.80 Å². The van der Waals surface area contributed by atoms with Gasteiger partial charge in [-0.3, -0.25) is 14.5 Å². The molecule has 160 valence electrons. The normalized spacial score (nSPS) is 15.1. The molecule has 0 radical (unpaired) electrons. The zero-order valence-corrected chi connectivity index (χ0v) is 16.5. The summed E-state index contributed by atoms with van der Waals surface area (Å²) in [6.07, 6.45) is -3.04. The predicted octanol–water partition coefficient (Wildman–Crippen LogP) is 2.61. The number of hydrogen-bond acceptors (Lipinski definition) is 5. The third-order valence-corrected chi connectivity index (χ3v) is 4.98. The fraction of sp³-hybridized carbons (Fsp3) is 0.316. The lowest BCUT2D eigenvalue weighted by atomic mass is 10.2. The van der Waals surface area contributed by atoms with Crippen LogP contribution in [-0.2, 0) is 11.0 Å². The molecule has 1 aliphatic heterocycles. The fourth-order valence-corrected chi connectivity index (χ4v) is 3.41. The minimum atomic E-state index is -4.61. The summed E-state index contributed by atoms with van der Waals surface area (Å²) in [4.78, 5) is 31.8. The number of rotatable bonds is 5. The lowest BCUT2D eigenvalue weighted by Gasteiger charge is -2.35. The van der Waals surface area contributed by atoms with Crippen molar-refractivity contribution >= 4 is 34.9 Å². The van der Waals surface area contributed by atoms with Gasteiger partial charge in [-0.05, 0) is 30.3 Å². The molecule has 2 aromatic rings. The predicted molar refractivity (Wildman–Crippen MR) is 106 cm³/mol. The molecule has 0 atom stereocenters. The van der Waals surface area contributed by atoms with E-state index in [2.05, 4.69) is 10.3 Å². The van der Waals surface area contributed by atoms with Crippen molar-refractivity contribution in [3.63, 3.8) is 0 Å². The van der Waals surface area contributed by atoms with Crippen molar-refractivity contribution in [3.8, 4) is 0 Å². The van der Waals surface area contributed by atoms with E-state index in [1.54, 1.807) is 18.3 Å². The molecule has 2 amide bonds. The highest BCUT2D eigenvalue weighted by Crippen LogP contribution is 2.36. The van der Waals surface area contributed by atoms with E-state index in [9.17, 15) is 22.8 Å². The second kappa shape index (κ2) is 8.88. The Morgan fingerprint density at radius 2 is 1.87 bits per heavy atom. The maximum Gasteiger partial charge on any atom is 0.417 e. The van der Waals surface area contributed by atoms with Gasteiger partial charge in [-0.2, -0.15) is 13.2 Å². The molecule has 0 bridgehead atoms. The van der Waals surface area contributed by atoms with Crippen LogP contribution in [0.5, 0.6) is 0 Å². The summed E-state index contributed by atoms with van der Waals surface area (Å²) in [5.74, 6) is -0.509. The van der Waals surface area contributed by atoms with Gasteiger partial charge in [-0.1, -0.05) is 11.6 Å². The van der Waals surface area contributed by atoms with E-state index in [0.717, 1.165) is 12.1 Å². The molecule has 3 N–H and O–H groups in total. The van der Waals surface area contributed by atoms with E-state index >= 15 is 0 Å². The molecule has 7 nitrogen and oxygen atoms in total. The topological polar surface area (TPSA) is 91.6 Å². The molecular weight excluding hydrogens is 423 g/mol. The molecule has 1 aliphatic rings. The molecular formula is C19H19ClF3N5O2.